The first-order valence-corrected chi connectivity index (χ1v) is 8.80. The fourth-order valence-electron chi connectivity index (χ4n) is 3.69. The Morgan fingerprint density at radius 3 is 2.72 bits per heavy atom. The van der Waals surface area contributed by atoms with Gasteiger partial charge < -0.3 is 11.1 Å². The van der Waals surface area contributed by atoms with Gasteiger partial charge in [0.1, 0.15) is 5.82 Å². The molecule has 0 radical (unpaired) electrons. The molecule has 25 heavy (non-hydrogen) atoms. The molecule has 134 valence electrons. The summed E-state index contributed by atoms with van der Waals surface area (Å²) in [7, 11) is 0. The van der Waals surface area contributed by atoms with Gasteiger partial charge in [0.05, 0.1) is 17.8 Å². The molecule has 0 saturated heterocycles. The van der Waals surface area contributed by atoms with Crippen molar-refractivity contribution in [2.24, 2.45) is 11.7 Å². The summed E-state index contributed by atoms with van der Waals surface area (Å²) in [5.41, 5.74) is 9.22. The summed E-state index contributed by atoms with van der Waals surface area (Å²) in [5, 5.41) is 7.65. The molecule has 6 heteroatoms. The van der Waals surface area contributed by atoms with Crippen LogP contribution in [0.1, 0.15) is 36.2 Å². The number of carbonyl (C=O) groups excluding carboxylic acids is 1. The first kappa shape index (κ1) is 17.6. The Labute approximate surface area is 147 Å². The molecule has 5 nitrogen and oxygen atoms in total. The van der Waals surface area contributed by atoms with E-state index in [9.17, 15) is 9.18 Å². The van der Waals surface area contributed by atoms with E-state index in [2.05, 4.69) is 10.4 Å². The lowest BCUT2D eigenvalue weighted by Gasteiger charge is -2.19. The third-order valence-electron chi connectivity index (χ3n) is 5.16. The van der Waals surface area contributed by atoms with Crippen molar-refractivity contribution in [1.29, 1.82) is 0 Å². The Hall–Kier alpha value is -2.21. The number of nitrogens with two attached hydrogens (primary N) is 1. The molecule has 1 heterocycles. The summed E-state index contributed by atoms with van der Waals surface area (Å²) in [6.45, 7) is 4.45. The number of hydrogen-bond donors (Lipinski definition) is 2. The number of benzene rings is 1. The highest BCUT2D eigenvalue weighted by molar-refractivity contribution is 5.79. The molecule has 0 spiro atoms. The Kier molecular flexibility index (Phi) is 5.18. The second-order valence-electron chi connectivity index (χ2n) is 6.82. The number of aromatic nitrogens is 2. The lowest BCUT2D eigenvalue weighted by molar-refractivity contribution is -0.121. The molecule has 1 aromatic heterocycles. The molecule has 2 unspecified atom stereocenters. The fourth-order valence-corrected chi connectivity index (χ4v) is 3.69. The van der Waals surface area contributed by atoms with Gasteiger partial charge in [0, 0.05) is 17.3 Å². The average molecular weight is 344 g/mol. The predicted molar refractivity (Wildman–Crippen MR) is 95.0 cm³/mol. The van der Waals surface area contributed by atoms with Crippen LogP contribution in [-0.2, 0) is 11.2 Å². The van der Waals surface area contributed by atoms with Crippen molar-refractivity contribution in [2.45, 2.75) is 45.6 Å². The number of rotatable bonds is 5. The van der Waals surface area contributed by atoms with Crippen molar-refractivity contribution >= 4 is 5.91 Å². The van der Waals surface area contributed by atoms with Gasteiger partial charge in [-0.25, -0.2) is 9.07 Å². The zero-order valence-electron chi connectivity index (χ0n) is 14.8. The zero-order chi connectivity index (χ0) is 18.0. The van der Waals surface area contributed by atoms with E-state index in [1.54, 1.807) is 16.8 Å². The van der Waals surface area contributed by atoms with Gasteiger partial charge in [-0.1, -0.05) is 6.42 Å². The normalized spacial score (nSPS) is 20.0. The van der Waals surface area contributed by atoms with Gasteiger partial charge in [0.25, 0.3) is 0 Å². The van der Waals surface area contributed by atoms with Gasteiger partial charge in [0.2, 0.25) is 5.91 Å². The van der Waals surface area contributed by atoms with Crippen LogP contribution in [0.5, 0.6) is 0 Å². The fraction of sp³-hybridized carbons (Fsp3) is 0.474. The van der Waals surface area contributed by atoms with Crippen LogP contribution in [0, 0.1) is 25.6 Å². The van der Waals surface area contributed by atoms with Crippen LogP contribution >= 0.6 is 0 Å². The Balaban J connectivity index is 1.74. The molecule has 1 fully saturated rings. The number of nitrogens with one attached hydrogen (secondary N) is 1. The van der Waals surface area contributed by atoms with Crippen LogP contribution in [0.2, 0.25) is 0 Å². The topological polar surface area (TPSA) is 72.9 Å². The highest BCUT2D eigenvalue weighted by Crippen LogP contribution is 2.25. The number of carbonyl (C=O) groups is 1. The van der Waals surface area contributed by atoms with Crippen molar-refractivity contribution in [3.05, 3.63) is 47.0 Å². The standard InChI is InChI=1S/C19H25FN4O/c1-12-17(10-19(25)22-18-5-3-4-14(18)11-21)13(2)24(23-12)16-8-6-15(20)7-9-16/h6-9,14,18H,3-5,10-11,21H2,1-2H3,(H,22,25). The molecule has 2 aromatic rings. The van der Waals surface area contributed by atoms with E-state index < -0.39 is 0 Å². The molecule has 1 saturated carbocycles. The van der Waals surface area contributed by atoms with Gasteiger partial charge >= 0.3 is 0 Å². The first-order valence-electron chi connectivity index (χ1n) is 8.80. The van der Waals surface area contributed by atoms with Crippen molar-refractivity contribution in [1.82, 2.24) is 15.1 Å². The average Bonchev–Trinajstić information content (AvgIpc) is 3.14. The molecule has 2 atom stereocenters. The largest absolute Gasteiger partial charge is 0.353 e. The van der Waals surface area contributed by atoms with Gasteiger partial charge in [-0.3, -0.25) is 4.79 Å². The van der Waals surface area contributed by atoms with Gasteiger partial charge in [-0.2, -0.15) is 5.10 Å². The predicted octanol–water partition coefficient (Wildman–Crippen LogP) is 2.41. The number of halogens is 1. The van der Waals surface area contributed by atoms with Crippen molar-refractivity contribution in [3.8, 4) is 5.69 Å². The smallest absolute Gasteiger partial charge is 0.224 e. The van der Waals surface area contributed by atoms with E-state index in [0.717, 1.165) is 41.9 Å². The molecular weight excluding hydrogens is 319 g/mol. The summed E-state index contributed by atoms with van der Waals surface area (Å²) < 4.78 is 14.9. The second-order valence-corrected chi connectivity index (χ2v) is 6.82. The summed E-state index contributed by atoms with van der Waals surface area (Å²) in [4.78, 5) is 12.5. The summed E-state index contributed by atoms with van der Waals surface area (Å²) in [6, 6.07) is 6.37. The molecule has 3 N–H and O–H groups in total. The van der Waals surface area contributed by atoms with Crippen molar-refractivity contribution in [2.75, 3.05) is 6.54 Å². The maximum atomic E-state index is 13.1. The summed E-state index contributed by atoms with van der Waals surface area (Å²) in [6.07, 6.45) is 3.50. The lowest BCUT2D eigenvalue weighted by atomic mass is 10.0. The number of nitrogens with zero attached hydrogens (tertiary/aromatic N) is 2. The van der Waals surface area contributed by atoms with E-state index >= 15 is 0 Å². The van der Waals surface area contributed by atoms with Crippen molar-refractivity contribution < 1.29 is 9.18 Å². The minimum absolute atomic E-state index is 0.00945. The van der Waals surface area contributed by atoms with E-state index in [4.69, 9.17) is 5.73 Å². The Bertz CT molecular complexity index is 754. The molecule has 1 aliphatic carbocycles. The maximum Gasteiger partial charge on any atom is 0.224 e. The number of hydrogen-bond acceptors (Lipinski definition) is 3. The van der Waals surface area contributed by atoms with E-state index in [1.165, 1.54) is 12.1 Å². The first-order chi connectivity index (χ1) is 12.0. The molecule has 1 aromatic carbocycles. The van der Waals surface area contributed by atoms with E-state index in [-0.39, 0.29) is 17.8 Å². The van der Waals surface area contributed by atoms with Gasteiger partial charge in [-0.15, -0.1) is 0 Å². The van der Waals surface area contributed by atoms with Crippen LogP contribution in [0.25, 0.3) is 5.69 Å². The van der Waals surface area contributed by atoms with E-state index in [0.29, 0.717) is 18.9 Å². The molecule has 0 bridgehead atoms. The zero-order valence-corrected chi connectivity index (χ0v) is 14.8. The quantitative estimate of drug-likeness (QED) is 0.875. The van der Waals surface area contributed by atoms with Gasteiger partial charge in [0.15, 0.2) is 0 Å². The summed E-state index contributed by atoms with van der Waals surface area (Å²) >= 11 is 0. The lowest BCUT2D eigenvalue weighted by Crippen LogP contribution is -2.40. The Morgan fingerprint density at radius 2 is 2.04 bits per heavy atom. The van der Waals surface area contributed by atoms with Crippen LogP contribution in [0.15, 0.2) is 24.3 Å². The molecule has 0 aliphatic heterocycles. The van der Waals surface area contributed by atoms with E-state index in [1.807, 2.05) is 13.8 Å². The molecule has 1 aliphatic rings. The Morgan fingerprint density at radius 1 is 1.32 bits per heavy atom. The highest BCUT2D eigenvalue weighted by atomic mass is 19.1. The third-order valence-corrected chi connectivity index (χ3v) is 5.16. The van der Waals surface area contributed by atoms with Crippen LogP contribution in [0.4, 0.5) is 4.39 Å². The second kappa shape index (κ2) is 7.35. The van der Waals surface area contributed by atoms with Crippen molar-refractivity contribution in [3.63, 3.8) is 0 Å². The highest BCUT2D eigenvalue weighted by Gasteiger charge is 2.27. The monoisotopic (exact) mass is 344 g/mol. The maximum absolute atomic E-state index is 13.1. The third kappa shape index (κ3) is 3.74. The number of aryl methyl sites for hydroxylation is 1. The van der Waals surface area contributed by atoms with Crippen LogP contribution < -0.4 is 11.1 Å². The SMILES string of the molecule is Cc1nn(-c2ccc(F)cc2)c(C)c1CC(=O)NC1CCCC1CN. The minimum atomic E-state index is -0.282. The number of amides is 1. The van der Waals surface area contributed by atoms with Gasteiger partial charge in [-0.05, 0) is 63.4 Å². The van der Waals surface area contributed by atoms with Crippen LogP contribution in [0.3, 0.4) is 0 Å². The summed E-state index contributed by atoms with van der Waals surface area (Å²) in [5.74, 6) is 0.110. The minimum Gasteiger partial charge on any atom is -0.353 e. The molecule has 1 amide bonds. The molecular formula is C19H25FN4O. The molecule has 3 rings (SSSR count). The van der Waals surface area contributed by atoms with Crippen LogP contribution in [-0.4, -0.2) is 28.3 Å².